The monoisotopic (exact) mass is 260 g/mol. The summed E-state index contributed by atoms with van der Waals surface area (Å²) in [5, 5.41) is 0. The van der Waals surface area contributed by atoms with Crippen molar-refractivity contribution in [2.75, 3.05) is 19.9 Å². The normalized spacial score (nSPS) is 10.2. The average Bonchev–Trinajstić information content (AvgIpc) is 2.90. The lowest BCUT2D eigenvalue weighted by Gasteiger charge is -2.18. The number of anilines is 1. The van der Waals surface area contributed by atoms with Gasteiger partial charge in [-0.2, -0.15) is 0 Å². The molecule has 6 nitrogen and oxygen atoms in total. The van der Waals surface area contributed by atoms with E-state index >= 15 is 0 Å². The van der Waals surface area contributed by atoms with Crippen molar-refractivity contribution in [2.24, 2.45) is 0 Å². The van der Waals surface area contributed by atoms with E-state index in [1.54, 1.807) is 37.6 Å². The molecule has 0 spiro atoms. The van der Waals surface area contributed by atoms with E-state index in [1.807, 2.05) is 0 Å². The maximum Gasteiger partial charge on any atom is 0.259 e. The molecule has 3 N–H and O–H groups in total. The van der Waals surface area contributed by atoms with Crippen LogP contribution in [0.2, 0.25) is 0 Å². The number of nitrogens with zero attached hydrogens (tertiary/aromatic N) is 2. The van der Waals surface area contributed by atoms with Crippen LogP contribution in [0.25, 0.3) is 0 Å². The SMILES string of the molecule is COc1cccc(N)c1C(=O)N(C)Cc1ncc[nH]1. The summed E-state index contributed by atoms with van der Waals surface area (Å²) in [5.74, 6) is 0.979. The molecule has 19 heavy (non-hydrogen) atoms. The lowest BCUT2D eigenvalue weighted by Crippen LogP contribution is -2.27. The van der Waals surface area contributed by atoms with Crippen LogP contribution in [-0.4, -0.2) is 34.9 Å². The number of benzene rings is 1. The summed E-state index contributed by atoms with van der Waals surface area (Å²) in [6, 6.07) is 5.14. The van der Waals surface area contributed by atoms with Crippen molar-refractivity contribution in [1.82, 2.24) is 14.9 Å². The molecule has 0 saturated carbocycles. The van der Waals surface area contributed by atoms with Crippen molar-refractivity contribution in [3.05, 3.63) is 42.0 Å². The Morgan fingerprint density at radius 3 is 2.95 bits per heavy atom. The van der Waals surface area contributed by atoms with Crippen LogP contribution >= 0.6 is 0 Å². The summed E-state index contributed by atoms with van der Waals surface area (Å²) in [6.07, 6.45) is 3.36. The number of methoxy groups -OCH3 is 1. The summed E-state index contributed by atoms with van der Waals surface area (Å²) >= 11 is 0. The van der Waals surface area contributed by atoms with Gasteiger partial charge in [-0.15, -0.1) is 0 Å². The molecule has 0 unspecified atom stereocenters. The predicted molar refractivity (Wildman–Crippen MR) is 71.8 cm³/mol. The second-order valence-electron chi connectivity index (χ2n) is 4.12. The number of nitrogen functional groups attached to an aromatic ring is 1. The van der Waals surface area contributed by atoms with Crippen molar-refractivity contribution in [3.8, 4) is 5.75 Å². The first kappa shape index (κ1) is 12.9. The van der Waals surface area contributed by atoms with E-state index in [4.69, 9.17) is 10.5 Å². The van der Waals surface area contributed by atoms with Crippen LogP contribution in [0.15, 0.2) is 30.6 Å². The fourth-order valence-electron chi connectivity index (χ4n) is 1.82. The Balaban J connectivity index is 2.24. The fourth-order valence-corrected chi connectivity index (χ4v) is 1.82. The summed E-state index contributed by atoms with van der Waals surface area (Å²) in [5.41, 5.74) is 6.63. The zero-order valence-corrected chi connectivity index (χ0v) is 10.9. The molecule has 1 amide bonds. The minimum absolute atomic E-state index is 0.202. The highest BCUT2D eigenvalue weighted by Crippen LogP contribution is 2.25. The van der Waals surface area contributed by atoms with Crippen LogP contribution in [0.4, 0.5) is 5.69 Å². The quantitative estimate of drug-likeness (QED) is 0.811. The van der Waals surface area contributed by atoms with E-state index in [9.17, 15) is 4.79 Å². The Labute approximate surface area is 111 Å². The second-order valence-corrected chi connectivity index (χ2v) is 4.12. The van der Waals surface area contributed by atoms with Crippen molar-refractivity contribution in [3.63, 3.8) is 0 Å². The Morgan fingerprint density at radius 2 is 2.32 bits per heavy atom. The molecule has 6 heteroatoms. The highest BCUT2D eigenvalue weighted by atomic mass is 16.5. The Hall–Kier alpha value is -2.50. The number of amides is 1. The van der Waals surface area contributed by atoms with Crippen molar-refractivity contribution in [2.45, 2.75) is 6.54 Å². The van der Waals surface area contributed by atoms with Gasteiger partial charge in [0.25, 0.3) is 5.91 Å². The first-order valence-corrected chi connectivity index (χ1v) is 5.79. The van der Waals surface area contributed by atoms with Crippen molar-refractivity contribution in [1.29, 1.82) is 0 Å². The molecule has 0 radical (unpaired) electrons. The van der Waals surface area contributed by atoms with Crippen LogP contribution in [0.3, 0.4) is 0 Å². The van der Waals surface area contributed by atoms with E-state index in [1.165, 1.54) is 12.0 Å². The molecular formula is C13H16N4O2. The molecule has 0 atom stereocenters. The first-order chi connectivity index (χ1) is 9.13. The molecule has 0 fully saturated rings. The number of aromatic amines is 1. The van der Waals surface area contributed by atoms with Gasteiger partial charge in [0.05, 0.1) is 13.7 Å². The summed E-state index contributed by atoms with van der Waals surface area (Å²) in [6.45, 7) is 0.378. The van der Waals surface area contributed by atoms with E-state index in [-0.39, 0.29) is 5.91 Å². The van der Waals surface area contributed by atoms with Gasteiger partial charge in [0.2, 0.25) is 0 Å². The molecule has 1 heterocycles. The predicted octanol–water partition coefficient (Wildman–Crippen LogP) is 1.27. The molecule has 0 saturated heterocycles. The Morgan fingerprint density at radius 1 is 1.53 bits per heavy atom. The number of carbonyl (C=O) groups excluding carboxylic acids is 1. The van der Waals surface area contributed by atoms with Crippen LogP contribution < -0.4 is 10.5 Å². The summed E-state index contributed by atoms with van der Waals surface area (Å²) in [7, 11) is 3.20. The number of H-pyrrole nitrogens is 1. The lowest BCUT2D eigenvalue weighted by atomic mass is 10.1. The minimum atomic E-state index is -0.202. The molecule has 2 aromatic rings. The standard InChI is InChI=1S/C13H16N4O2/c1-17(8-11-15-6-7-16-11)13(18)12-9(14)4-3-5-10(12)19-2/h3-7H,8,14H2,1-2H3,(H,15,16). The third kappa shape index (κ3) is 2.67. The molecule has 1 aromatic carbocycles. The minimum Gasteiger partial charge on any atom is -0.496 e. The number of ether oxygens (including phenoxy) is 1. The number of carbonyl (C=O) groups is 1. The smallest absolute Gasteiger partial charge is 0.259 e. The maximum atomic E-state index is 12.4. The van der Waals surface area contributed by atoms with Gasteiger partial charge in [-0.05, 0) is 12.1 Å². The number of rotatable bonds is 4. The van der Waals surface area contributed by atoms with Gasteiger partial charge >= 0.3 is 0 Å². The number of aromatic nitrogens is 2. The molecule has 1 aromatic heterocycles. The van der Waals surface area contributed by atoms with Gasteiger partial charge in [-0.25, -0.2) is 4.98 Å². The number of hydrogen-bond donors (Lipinski definition) is 2. The van der Waals surface area contributed by atoms with Gasteiger partial charge in [0.1, 0.15) is 17.1 Å². The number of hydrogen-bond acceptors (Lipinski definition) is 4. The van der Waals surface area contributed by atoms with Crippen LogP contribution in [0, 0.1) is 0 Å². The third-order valence-electron chi connectivity index (χ3n) is 2.78. The molecule has 0 aliphatic carbocycles. The van der Waals surface area contributed by atoms with E-state index < -0.39 is 0 Å². The molecular weight excluding hydrogens is 244 g/mol. The Kier molecular flexibility index (Phi) is 3.70. The molecule has 100 valence electrons. The van der Waals surface area contributed by atoms with Gasteiger partial charge < -0.3 is 20.4 Å². The van der Waals surface area contributed by atoms with E-state index in [0.717, 1.165) is 0 Å². The van der Waals surface area contributed by atoms with Crippen LogP contribution in [0.5, 0.6) is 5.75 Å². The van der Waals surface area contributed by atoms with Gasteiger partial charge in [-0.3, -0.25) is 4.79 Å². The molecule has 0 aliphatic heterocycles. The number of imidazole rings is 1. The Bertz CT molecular complexity index is 566. The second kappa shape index (κ2) is 5.43. The topological polar surface area (TPSA) is 84.2 Å². The molecule has 0 bridgehead atoms. The first-order valence-electron chi connectivity index (χ1n) is 5.79. The zero-order chi connectivity index (χ0) is 13.8. The van der Waals surface area contributed by atoms with Crippen LogP contribution in [0.1, 0.15) is 16.2 Å². The highest BCUT2D eigenvalue weighted by molar-refractivity contribution is 6.01. The summed E-state index contributed by atoms with van der Waals surface area (Å²) in [4.78, 5) is 21.0. The van der Waals surface area contributed by atoms with E-state index in [0.29, 0.717) is 29.4 Å². The highest BCUT2D eigenvalue weighted by Gasteiger charge is 2.20. The van der Waals surface area contributed by atoms with Crippen LogP contribution in [-0.2, 0) is 6.54 Å². The third-order valence-corrected chi connectivity index (χ3v) is 2.78. The average molecular weight is 260 g/mol. The van der Waals surface area contributed by atoms with Crippen molar-refractivity contribution < 1.29 is 9.53 Å². The van der Waals surface area contributed by atoms with Crippen molar-refractivity contribution >= 4 is 11.6 Å². The number of nitrogens with two attached hydrogens (primary N) is 1. The lowest BCUT2D eigenvalue weighted by molar-refractivity contribution is 0.0779. The zero-order valence-electron chi connectivity index (χ0n) is 10.9. The molecule has 0 aliphatic rings. The maximum absolute atomic E-state index is 12.4. The van der Waals surface area contributed by atoms with E-state index in [2.05, 4.69) is 9.97 Å². The molecule has 2 rings (SSSR count). The summed E-state index contributed by atoms with van der Waals surface area (Å²) < 4.78 is 5.18. The van der Waals surface area contributed by atoms with Gasteiger partial charge in [0, 0.05) is 25.1 Å². The number of nitrogens with one attached hydrogen (secondary N) is 1. The van der Waals surface area contributed by atoms with Gasteiger partial charge in [0.15, 0.2) is 0 Å². The van der Waals surface area contributed by atoms with Gasteiger partial charge in [-0.1, -0.05) is 6.07 Å². The largest absolute Gasteiger partial charge is 0.496 e. The fraction of sp³-hybridized carbons (Fsp3) is 0.231.